The van der Waals surface area contributed by atoms with E-state index in [4.69, 9.17) is 4.74 Å². The first kappa shape index (κ1) is 10.1. The van der Waals surface area contributed by atoms with E-state index in [1.54, 1.807) is 6.20 Å². The van der Waals surface area contributed by atoms with Crippen LogP contribution in [0, 0.1) is 0 Å². The van der Waals surface area contributed by atoms with Gasteiger partial charge >= 0.3 is 5.95 Å². The standard InChI is InChI=1S/C12H15NO2/c1-13(7-8-15-12(14)10-13)9-11-5-3-2-4-6-11/h2-6,10H,7-9H2,1H3/p+1. The summed E-state index contributed by atoms with van der Waals surface area (Å²) < 4.78 is 5.70. The second-order valence-corrected chi connectivity index (χ2v) is 4.16. The summed E-state index contributed by atoms with van der Waals surface area (Å²) in [6.45, 7) is 2.35. The lowest BCUT2D eigenvalue weighted by atomic mass is 10.2. The number of likely N-dealkylation sites (N-methyl/N-ethyl adjacent to an activating group) is 1. The van der Waals surface area contributed by atoms with Crippen LogP contribution >= 0.6 is 0 Å². The Morgan fingerprint density at radius 1 is 1.33 bits per heavy atom. The van der Waals surface area contributed by atoms with E-state index >= 15 is 0 Å². The highest BCUT2D eigenvalue weighted by atomic mass is 16.6. The average Bonchev–Trinajstić information content (AvgIpc) is 2.18. The van der Waals surface area contributed by atoms with Crippen LogP contribution in [0.1, 0.15) is 5.56 Å². The van der Waals surface area contributed by atoms with Crippen molar-refractivity contribution >= 4 is 0 Å². The van der Waals surface area contributed by atoms with Gasteiger partial charge in [-0.15, -0.1) is 0 Å². The van der Waals surface area contributed by atoms with E-state index in [2.05, 4.69) is 19.2 Å². The quantitative estimate of drug-likeness (QED) is 0.750. The molecule has 1 aliphatic rings. The second-order valence-electron chi connectivity index (χ2n) is 4.16. The zero-order chi connectivity index (χ0) is 10.7. The lowest BCUT2D eigenvalue weighted by Gasteiger charge is -2.32. The van der Waals surface area contributed by atoms with Crippen LogP contribution in [0.5, 0.6) is 0 Å². The van der Waals surface area contributed by atoms with Crippen LogP contribution in [0.15, 0.2) is 42.5 Å². The molecule has 0 saturated carbocycles. The summed E-state index contributed by atoms with van der Waals surface area (Å²) in [6.07, 6.45) is 1.76. The smallest absolute Gasteiger partial charge is 0.333 e. The molecule has 0 aromatic heterocycles. The van der Waals surface area contributed by atoms with Crippen LogP contribution < -0.4 is 0 Å². The van der Waals surface area contributed by atoms with Crippen LogP contribution in [0.4, 0.5) is 0 Å². The van der Waals surface area contributed by atoms with Crippen molar-refractivity contribution in [1.82, 2.24) is 0 Å². The maximum atomic E-state index is 9.35. The van der Waals surface area contributed by atoms with Gasteiger partial charge in [0.15, 0.2) is 6.20 Å². The first-order chi connectivity index (χ1) is 7.18. The molecule has 15 heavy (non-hydrogen) atoms. The number of quaternary nitrogens is 1. The van der Waals surface area contributed by atoms with Crippen LogP contribution in [0.2, 0.25) is 0 Å². The van der Waals surface area contributed by atoms with Crippen molar-refractivity contribution in [2.45, 2.75) is 6.54 Å². The van der Waals surface area contributed by atoms with Gasteiger partial charge in [-0.3, -0.25) is 4.48 Å². The van der Waals surface area contributed by atoms with Gasteiger partial charge in [0.25, 0.3) is 0 Å². The molecule has 0 fully saturated rings. The molecule has 1 atom stereocenters. The highest BCUT2D eigenvalue weighted by molar-refractivity contribution is 5.13. The molecule has 3 nitrogen and oxygen atoms in total. The molecule has 3 heteroatoms. The van der Waals surface area contributed by atoms with Crippen molar-refractivity contribution in [3.05, 3.63) is 48.0 Å². The summed E-state index contributed by atoms with van der Waals surface area (Å²) >= 11 is 0. The Kier molecular flexibility index (Phi) is 2.64. The maximum Gasteiger partial charge on any atom is 0.333 e. The Morgan fingerprint density at radius 3 is 2.73 bits per heavy atom. The lowest BCUT2D eigenvalue weighted by Crippen LogP contribution is -2.43. The van der Waals surface area contributed by atoms with Crippen LogP contribution in [-0.4, -0.2) is 29.8 Å². The largest absolute Gasteiger partial charge is 0.477 e. The first-order valence-corrected chi connectivity index (χ1v) is 5.11. The number of hydrogen-bond acceptors (Lipinski definition) is 2. The zero-order valence-electron chi connectivity index (χ0n) is 8.89. The van der Waals surface area contributed by atoms with Crippen LogP contribution in [0.25, 0.3) is 0 Å². The van der Waals surface area contributed by atoms with Gasteiger partial charge in [-0.05, 0) is 0 Å². The molecule has 0 aliphatic carbocycles. The van der Waals surface area contributed by atoms with E-state index in [1.807, 2.05) is 18.2 Å². The third kappa shape index (κ3) is 2.50. The number of aliphatic hydroxyl groups is 1. The molecule has 1 aliphatic heterocycles. The third-order valence-corrected chi connectivity index (χ3v) is 2.66. The summed E-state index contributed by atoms with van der Waals surface area (Å²) in [6, 6.07) is 10.3. The summed E-state index contributed by atoms with van der Waals surface area (Å²) in [4.78, 5) is 0. The molecule has 1 N–H and O–H groups in total. The van der Waals surface area contributed by atoms with Crippen molar-refractivity contribution in [2.75, 3.05) is 20.2 Å². The third-order valence-electron chi connectivity index (χ3n) is 2.66. The van der Waals surface area contributed by atoms with Gasteiger partial charge in [-0.2, -0.15) is 0 Å². The van der Waals surface area contributed by atoms with Crippen LogP contribution in [0.3, 0.4) is 0 Å². The van der Waals surface area contributed by atoms with Gasteiger partial charge in [0.05, 0.1) is 7.05 Å². The Balaban J connectivity index is 2.14. The molecular formula is C12H16NO2+. The highest BCUT2D eigenvalue weighted by Gasteiger charge is 2.25. The Bertz CT molecular complexity index is 361. The highest BCUT2D eigenvalue weighted by Crippen LogP contribution is 2.17. The molecular weight excluding hydrogens is 190 g/mol. The van der Waals surface area contributed by atoms with Crippen molar-refractivity contribution in [3.63, 3.8) is 0 Å². The number of benzene rings is 1. The zero-order valence-corrected chi connectivity index (χ0v) is 8.89. The van der Waals surface area contributed by atoms with Gasteiger partial charge in [0.1, 0.15) is 19.7 Å². The average molecular weight is 206 g/mol. The second kappa shape index (κ2) is 3.95. The Labute approximate surface area is 89.8 Å². The molecule has 0 saturated heterocycles. The van der Waals surface area contributed by atoms with E-state index in [1.165, 1.54) is 5.56 Å². The molecule has 0 amide bonds. The predicted molar refractivity (Wildman–Crippen MR) is 57.9 cm³/mol. The molecule has 1 unspecified atom stereocenters. The number of hydrogen-bond donors (Lipinski definition) is 1. The van der Waals surface area contributed by atoms with Gasteiger partial charge < -0.3 is 9.84 Å². The minimum Gasteiger partial charge on any atom is -0.477 e. The van der Waals surface area contributed by atoms with Gasteiger partial charge in [-0.25, -0.2) is 0 Å². The molecule has 1 aromatic carbocycles. The fourth-order valence-corrected chi connectivity index (χ4v) is 1.85. The minimum absolute atomic E-state index is 0.0414. The van der Waals surface area contributed by atoms with E-state index in [0.29, 0.717) is 11.1 Å². The number of nitrogens with zero attached hydrogens (tertiary/aromatic N) is 1. The molecule has 0 radical (unpaired) electrons. The Hall–Kier alpha value is -1.48. The molecule has 1 heterocycles. The molecule has 2 rings (SSSR count). The van der Waals surface area contributed by atoms with E-state index in [9.17, 15) is 5.11 Å². The fourth-order valence-electron chi connectivity index (χ4n) is 1.85. The summed E-state index contributed by atoms with van der Waals surface area (Å²) in [5, 5.41) is 9.35. The van der Waals surface area contributed by atoms with Crippen molar-refractivity contribution in [1.29, 1.82) is 0 Å². The van der Waals surface area contributed by atoms with E-state index < -0.39 is 0 Å². The maximum absolute atomic E-state index is 9.35. The SMILES string of the molecule is C[N+]1(Cc2ccccc2)C=C(O)OCC1. The van der Waals surface area contributed by atoms with Gasteiger partial charge in [-0.1, -0.05) is 30.3 Å². The Morgan fingerprint density at radius 2 is 2.07 bits per heavy atom. The van der Waals surface area contributed by atoms with Crippen molar-refractivity contribution < 1.29 is 14.3 Å². The number of aliphatic hydroxyl groups excluding tert-OH is 1. The fraction of sp³-hybridized carbons (Fsp3) is 0.333. The first-order valence-electron chi connectivity index (χ1n) is 5.11. The monoisotopic (exact) mass is 206 g/mol. The summed E-state index contributed by atoms with van der Waals surface area (Å²) in [7, 11) is 2.09. The van der Waals surface area contributed by atoms with Gasteiger partial charge in [0, 0.05) is 5.56 Å². The van der Waals surface area contributed by atoms with Crippen LogP contribution in [-0.2, 0) is 11.3 Å². The molecule has 1 aromatic rings. The normalized spacial score (nSPS) is 25.5. The molecule has 80 valence electrons. The minimum atomic E-state index is 0.0414. The van der Waals surface area contributed by atoms with E-state index in [-0.39, 0.29) is 5.95 Å². The molecule has 0 spiro atoms. The molecule has 0 bridgehead atoms. The predicted octanol–water partition coefficient (Wildman–Crippen LogP) is 2.02. The van der Waals surface area contributed by atoms with Gasteiger partial charge in [0.2, 0.25) is 0 Å². The summed E-state index contributed by atoms with van der Waals surface area (Å²) in [5.74, 6) is 0.0414. The van der Waals surface area contributed by atoms with E-state index in [0.717, 1.165) is 13.1 Å². The number of rotatable bonds is 2. The summed E-state index contributed by atoms with van der Waals surface area (Å²) in [5.41, 5.74) is 1.27. The van der Waals surface area contributed by atoms with Crippen molar-refractivity contribution in [2.24, 2.45) is 0 Å². The topological polar surface area (TPSA) is 29.5 Å². The van der Waals surface area contributed by atoms with Crippen molar-refractivity contribution in [3.8, 4) is 0 Å². The number of ether oxygens (including phenoxy) is 1. The lowest BCUT2D eigenvalue weighted by molar-refractivity contribution is -0.878.